The molecule has 0 amide bonds. The molecule has 2 aromatic rings. The molecule has 0 aliphatic carbocycles. The van der Waals surface area contributed by atoms with E-state index >= 15 is 0 Å². The Labute approximate surface area is 133 Å². The smallest absolute Gasteiger partial charge is 0.149 e. The molecule has 0 spiro atoms. The number of hydrogen-bond acceptors (Lipinski definition) is 4. The van der Waals surface area contributed by atoms with Crippen LogP contribution < -0.4 is 5.32 Å². The van der Waals surface area contributed by atoms with Crippen LogP contribution in [-0.4, -0.2) is 16.2 Å². The number of rotatable bonds is 5. The van der Waals surface area contributed by atoms with Crippen molar-refractivity contribution >= 4 is 29.2 Å². The molecule has 1 aromatic heterocycles. The first-order valence-electron chi connectivity index (χ1n) is 6.58. The van der Waals surface area contributed by atoms with Gasteiger partial charge in [-0.1, -0.05) is 23.7 Å². The summed E-state index contributed by atoms with van der Waals surface area (Å²) in [5.74, 6) is 0.451. The van der Waals surface area contributed by atoms with Gasteiger partial charge in [0.1, 0.15) is 23.3 Å². The van der Waals surface area contributed by atoms with Crippen LogP contribution in [0.5, 0.6) is 0 Å². The number of halogens is 2. The zero-order valence-corrected chi connectivity index (χ0v) is 13.7. The second-order valence-electron chi connectivity index (χ2n) is 4.68. The van der Waals surface area contributed by atoms with E-state index in [0.29, 0.717) is 5.82 Å². The fourth-order valence-electron chi connectivity index (χ4n) is 1.94. The topological polar surface area (TPSA) is 37.8 Å². The van der Waals surface area contributed by atoms with Gasteiger partial charge in [0.2, 0.25) is 0 Å². The first-order chi connectivity index (χ1) is 10.0. The van der Waals surface area contributed by atoms with Crippen LogP contribution in [0.25, 0.3) is 0 Å². The third-order valence-electron chi connectivity index (χ3n) is 3.16. The molecular formula is C15H17ClFN3S. The summed E-state index contributed by atoms with van der Waals surface area (Å²) in [4.78, 5) is 9.18. The molecule has 0 radical (unpaired) electrons. The molecule has 2 unspecified atom stereocenters. The largest absolute Gasteiger partial charge is 0.362 e. The average molecular weight is 326 g/mol. The number of aromatic nitrogens is 2. The van der Waals surface area contributed by atoms with Gasteiger partial charge < -0.3 is 5.32 Å². The van der Waals surface area contributed by atoms with Crippen molar-refractivity contribution in [2.45, 2.75) is 31.0 Å². The van der Waals surface area contributed by atoms with Gasteiger partial charge in [0.05, 0.1) is 5.69 Å². The summed E-state index contributed by atoms with van der Waals surface area (Å²) in [6.07, 6.45) is 2.14. The predicted molar refractivity (Wildman–Crippen MR) is 86.8 cm³/mol. The molecule has 2 rings (SSSR count). The molecule has 0 saturated heterocycles. The molecule has 0 saturated carbocycles. The summed E-state index contributed by atoms with van der Waals surface area (Å²) < 4.78 is 13.4. The number of anilines is 1. The number of hydrogen-bond donors (Lipinski definition) is 1. The number of alkyl halides is 1. The Morgan fingerprint density at radius 1 is 1.19 bits per heavy atom. The third-order valence-corrected chi connectivity index (χ3v) is 4.28. The van der Waals surface area contributed by atoms with Crippen molar-refractivity contribution in [1.82, 2.24) is 9.97 Å². The lowest BCUT2D eigenvalue weighted by Crippen LogP contribution is -2.10. The number of benzene rings is 1. The maximum absolute atomic E-state index is 13.4. The molecule has 112 valence electrons. The quantitative estimate of drug-likeness (QED) is 0.780. The van der Waals surface area contributed by atoms with E-state index in [9.17, 15) is 4.39 Å². The number of thioether (sulfide) groups is 1. The summed E-state index contributed by atoms with van der Waals surface area (Å²) in [6, 6.07) is 8.24. The van der Waals surface area contributed by atoms with E-state index in [0.717, 1.165) is 5.56 Å². The van der Waals surface area contributed by atoms with Crippen LogP contribution in [0.3, 0.4) is 0 Å². The van der Waals surface area contributed by atoms with Crippen LogP contribution >= 0.6 is 23.4 Å². The van der Waals surface area contributed by atoms with Crippen molar-refractivity contribution in [2.24, 2.45) is 0 Å². The summed E-state index contributed by atoms with van der Waals surface area (Å²) in [7, 11) is 0. The van der Waals surface area contributed by atoms with Gasteiger partial charge in [-0.15, -0.1) is 11.8 Å². The Bertz CT molecular complexity index is 604. The van der Waals surface area contributed by atoms with Crippen molar-refractivity contribution in [3.8, 4) is 0 Å². The summed E-state index contributed by atoms with van der Waals surface area (Å²) >= 11 is 7.85. The van der Waals surface area contributed by atoms with Crippen LogP contribution in [0.2, 0.25) is 5.02 Å². The summed E-state index contributed by atoms with van der Waals surface area (Å²) in [6.45, 7) is 3.41. The van der Waals surface area contributed by atoms with E-state index in [1.807, 2.05) is 13.2 Å². The summed E-state index contributed by atoms with van der Waals surface area (Å²) in [5.41, 5.74) is 1.32. The van der Waals surface area contributed by atoms with Gasteiger partial charge >= 0.3 is 0 Å². The minimum Gasteiger partial charge on any atom is -0.362 e. The van der Waals surface area contributed by atoms with Crippen molar-refractivity contribution in [2.75, 3.05) is 11.6 Å². The molecule has 3 nitrogen and oxygen atoms in total. The van der Waals surface area contributed by atoms with E-state index in [-0.39, 0.29) is 16.8 Å². The van der Waals surface area contributed by atoms with Crippen LogP contribution in [0.15, 0.2) is 35.5 Å². The molecule has 6 heteroatoms. The average Bonchev–Trinajstić information content (AvgIpc) is 2.49. The zero-order chi connectivity index (χ0) is 15.4. The highest BCUT2D eigenvalue weighted by Crippen LogP contribution is 2.30. The molecule has 0 aliphatic rings. The monoisotopic (exact) mass is 325 g/mol. The van der Waals surface area contributed by atoms with E-state index in [1.165, 1.54) is 18.1 Å². The van der Waals surface area contributed by atoms with Gasteiger partial charge in [-0.2, -0.15) is 0 Å². The third kappa shape index (κ3) is 3.86. The normalized spacial score (nSPS) is 13.8. The Morgan fingerprint density at radius 2 is 1.86 bits per heavy atom. The van der Waals surface area contributed by atoms with Gasteiger partial charge in [0.25, 0.3) is 0 Å². The van der Waals surface area contributed by atoms with E-state index in [4.69, 9.17) is 11.6 Å². The highest BCUT2D eigenvalue weighted by molar-refractivity contribution is 7.98. The van der Waals surface area contributed by atoms with Gasteiger partial charge in [-0.05, 0) is 37.8 Å². The van der Waals surface area contributed by atoms with Gasteiger partial charge in [0, 0.05) is 10.9 Å². The summed E-state index contributed by atoms with van der Waals surface area (Å²) in [5, 5.41) is 3.44. The lowest BCUT2D eigenvalue weighted by molar-refractivity contribution is 0.365. The fourth-order valence-corrected chi connectivity index (χ4v) is 2.65. The minimum absolute atomic E-state index is 0.0103. The van der Waals surface area contributed by atoms with Gasteiger partial charge in [-0.3, -0.25) is 0 Å². The Hall–Kier alpha value is -1.33. The molecule has 21 heavy (non-hydrogen) atoms. The van der Waals surface area contributed by atoms with E-state index < -0.39 is 6.17 Å². The molecule has 2 atom stereocenters. The second-order valence-corrected chi connectivity index (χ2v) is 5.93. The minimum atomic E-state index is -1.22. The van der Waals surface area contributed by atoms with E-state index in [1.54, 1.807) is 11.8 Å². The van der Waals surface area contributed by atoms with Crippen molar-refractivity contribution < 1.29 is 4.39 Å². The lowest BCUT2D eigenvalue weighted by Gasteiger charge is -2.17. The highest BCUT2D eigenvalue weighted by atomic mass is 35.5. The van der Waals surface area contributed by atoms with Crippen LogP contribution in [-0.2, 0) is 0 Å². The Morgan fingerprint density at radius 3 is 2.43 bits per heavy atom. The van der Waals surface area contributed by atoms with Crippen molar-refractivity contribution in [3.63, 3.8) is 0 Å². The SMILES string of the molecule is CSc1ccc(C(C)Nc2ncnc(C(C)F)c2Cl)cc1. The standard InChI is InChI=1S/C15H17ClFN3S/c1-9(17)14-13(16)15(19-8-18-14)20-10(2)11-4-6-12(21-3)7-5-11/h4-10H,1-3H3,(H,18,19,20). The van der Waals surface area contributed by atoms with Crippen LogP contribution in [0, 0.1) is 0 Å². The molecule has 0 bridgehead atoms. The van der Waals surface area contributed by atoms with Gasteiger partial charge in [-0.25, -0.2) is 14.4 Å². The number of nitrogens with zero attached hydrogens (tertiary/aromatic N) is 2. The fraction of sp³-hybridized carbons (Fsp3) is 0.333. The molecule has 1 aromatic carbocycles. The molecule has 1 heterocycles. The second kappa shape index (κ2) is 7.09. The van der Waals surface area contributed by atoms with Crippen molar-refractivity contribution in [3.05, 3.63) is 46.9 Å². The molecule has 0 aliphatic heterocycles. The van der Waals surface area contributed by atoms with Crippen molar-refractivity contribution in [1.29, 1.82) is 0 Å². The molecular weight excluding hydrogens is 309 g/mol. The Balaban J connectivity index is 2.19. The van der Waals surface area contributed by atoms with E-state index in [2.05, 4.69) is 39.6 Å². The maximum Gasteiger partial charge on any atom is 0.149 e. The first-order valence-corrected chi connectivity index (χ1v) is 8.18. The van der Waals surface area contributed by atoms with Crippen LogP contribution in [0.4, 0.5) is 10.2 Å². The molecule has 0 fully saturated rings. The maximum atomic E-state index is 13.4. The number of nitrogens with one attached hydrogen (secondary N) is 1. The van der Waals surface area contributed by atoms with Gasteiger partial charge in [0.15, 0.2) is 0 Å². The Kier molecular flexibility index (Phi) is 5.42. The molecule has 1 N–H and O–H groups in total. The van der Waals surface area contributed by atoms with Crippen LogP contribution in [0.1, 0.15) is 37.3 Å². The zero-order valence-electron chi connectivity index (χ0n) is 12.1. The lowest BCUT2D eigenvalue weighted by atomic mass is 10.1. The first kappa shape index (κ1) is 16.0. The predicted octanol–water partition coefficient (Wildman–Crippen LogP) is 5.06. The highest BCUT2D eigenvalue weighted by Gasteiger charge is 2.16.